The fourth-order valence-corrected chi connectivity index (χ4v) is 13.2. The molecule has 26 heteroatoms. The number of amides is 10. The van der Waals surface area contributed by atoms with Gasteiger partial charge in [0.2, 0.25) is 59.1 Å². The quantitative estimate of drug-likeness (QED) is 0.0593. The molecule has 1 rings (SSSR count). The van der Waals surface area contributed by atoms with Gasteiger partial charge in [0.05, 0.1) is 30.4 Å². The highest BCUT2D eigenvalue weighted by molar-refractivity contribution is 7.99. The summed E-state index contributed by atoms with van der Waals surface area (Å²) in [6.07, 6.45) is 3.90. The first-order valence-electron chi connectivity index (χ1n) is 34.6. The van der Waals surface area contributed by atoms with Crippen LogP contribution < -0.4 is 21.3 Å². The molecule has 0 bridgehead atoms. The summed E-state index contributed by atoms with van der Waals surface area (Å²) in [5.41, 5.74) is -1.51. The van der Waals surface area contributed by atoms with E-state index in [-0.39, 0.29) is 62.0 Å². The molecular formula is C70H127N11O14S. The number of aliphatic hydroxyl groups is 3. The molecule has 0 aliphatic carbocycles. The van der Waals surface area contributed by atoms with Crippen LogP contribution >= 0.6 is 11.8 Å². The maximum absolute atomic E-state index is 15.4. The minimum Gasteiger partial charge on any atom is -0.393 e. The van der Waals surface area contributed by atoms with Crippen LogP contribution in [0.25, 0.3) is 0 Å². The van der Waals surface area contributed by atoms with E-state index in [2.05, 4.69) is 21.3 Å². The summed E-state index contributed by atoms with van der Waals surface area (Å²) >= 11 is 1.40. The second-order valence-corrected chi connectivity index (χ2v) is 30.7. The van der Waals surface area contributed by atoms with E-state index < -0.39 is 173 Å². The number of hydrogen-bond acceptors (Lipinski definition) is 16. The highest BCUT2D eigenvalue weighted by Gasteiger charge is 2.46. The zero-order valence-corrected chi connectivity index (χ0v) is 63.8. The molecule has 0 aromatic carbocycles. The van der Waals surface area contributed by atoms with Gasteiger partial charge in [-0.3, -0.25) is 57.6 Å². The van der Waals surface area contributed by atoms with Gasteiger partial charge in [-0.05, 0) is 135 Å². The lowest BCUT2D eigenvalue weighted by Crippen LogP contribution is -2.64. The van der Waals surface area contributed by atoms with Crippen molar-refractivity contribution in [3.8, 4) is 0 Å². The van der Waals surface area contributed by atoms with Crippen molar-refractivity contribution in [3.05, 3.63) is 12.2 Å². The van der Waals surface area contributed by atoms with Gasteiger partial charge >= 0.3 is 0 Å². The van der Waals surface area contributed by atoms with E-state index in [1.54, 1.807) is 67.5 Å². The first kappa shape index (κ1) is 88.3. The van der Waals surface area contributed by atoms with Gasteiger partial charge in [-0.25, -0.2) is 0 Å². The molecule has 0 aromatic heterocycles. The number of thioether (sulfide) groups is 1. The van der Waals surface area contributed by atoms with Crippen LogP contribution in [0.5, 0.6) is 0 Å². The van der Waals surface area contributed by atoms with Gasteiger partial charge in [0.25, 0.3) is 0 Å². The number of carbonyl (C=O) groups excluding carboxylic acids is 11. The number of unbranched alkanes of at least 4 members (excludes halogenated alkanes) is 1. The van der Waals surface area contributed by atoms with Gasteiger partial charge in [-0.1, -0.05) is 102 Å². The summed E-state index contributed by atoms with van der Waals surface area (Å²) in [5, 5.41) is 44.6. The number of allylic oxidation sites excluding steroid dienone is 2. The normalized spacial score (nSPS) is 26.8. The molecule has 0 radical (unpaired) electrons. The Morgan fingerprint density at radius 1 is 0.531 bits per heavy atom. The topological polar surface area (TPSA) is 319 Å². The van der Waals surface area contributed by atoms with E-state index in [1.165, 1.54) is 118 Å². The van der Waals surface area contributed by atoms with Crippen LogP contribution in [0.3, 0.4) is 0 Å². The lowest BCUT2D eigenvalue weighted by Gasteiger charge is -2.41. The molecule has 1 fully saturated rings. The van der Waals surface area contributed by atoms with Crippen molar-refractivity contribution < 1.29 is 68.1 Å². The summed E-state index contributed by atoms with van der Waals surface area (Å²) in [5.74, 6) is -9.25. The first-order chi connectivity index (χ1) is 44.3. The van der Waals surface area contributed by atoms with Crippen molar-refractivity contribution in [2.24, 2.45) is 35.5 Å². The fraction of sp³-hybridized carbons (Fsp3) is 0.814. The molecule has 14 atom stereocenters. The molecule has 1 aliphatic heterocycles. The number of carbonyl (C=O) groups is 11. The van der Waals surface area contributed by atoms with Crippen molar-refractivity contribution in [1.29, 1.82) is 0 Å². The van der Waals surface area contributed by atoms with Crippen molar-refractivity contribution in [2.45, 2.75) is 267 Å². The third-order valence-electron chi connectivity index (χ3n) is 18.0. The number of nitrogens with zero attached hydrogens (tertiary/aromatic N) is 7. The molecule has 10 amide bonds. The van der Waals surface area contributed by atoms with Crippen molar-refractivity contribution in [3.63, 3.8) is 0 Å². The molecule has 1 heterocycles. The Balaban J connectivity index is 4.51. The highest BCUT2D eigenvalue weighted by Crippen LogP contribution is 2.27. The van der Waals surface area contributed by atoms with Crippen LogP contribution in [0.2, 0.25) is 0 Å². The van der Waals surface area contributed by atoms with Crippen LogP contribution in [0.1, 0.15) is 182 Å². The Morgan fingerprint density at radius 3 is 1.48 bits per heavy atom. The molecule has 0 saturated carbocycles. The number of hydrogen-bond donors (Lipinski definition) is 7. The predicted octanol–water partition coefficient (Wildman–Crippen LogP) is 4.08. The van der Waals surface area contributed by atoms with E-state index in [0.29, 0.717) is 25.0 Å². The molecule has 7 N–H and O–H groups in total. The Kier molecular flexibility index (Phi) is 37.7. The van der Waals surface area contributed by atoms with Gasteiger partial charge in [0, 0.05) is 54.5 Å². The second-order valence-electron chi connectivity index (χ2n) is 29.5. The number of Topliss-reactive ketones (excluding diaryl/α,β-unsaturated/α-hetero) is 1. The summed E-state index contributed by atoms with van der Waals surface area (Å²) in [6.45, 7) is 30.3. The van der Waals surface area contributed by atoms with E-state index in [9.17, 15) is 39.3 Å². The number of nitrogens with one attached hydrogen (secondary N) is 4. The number of likely N-dealkylation sites (N-methyl/N-ethyl adjacent to an activating group) is 7. The first-order valence-corrected chi connectivity index (χ1v) is 35.8. The van der Waals surface area contributed by atoms with Crippen LogP contribution in [0.4, 0.5) is 0 Å². The maximum Gasteiger partial charge on any atom is 0.246 e. The summed E-state index contributed by atoms with van der Waals surface area (Å²) in [7, 11) is 10.0. The molecule has 0 spiro atoms. The van der Waals surface area contributed by atoms with E-state index in [0.717, 1.165) is 4.90 Å². The summed E-state index contributed by atoms with van der Waals surface area (Å²) in [4.78, 5) is 172. The summed E-state index contributed by atoms with van der Waals surface area (Å²) in [6, 6.07) is -14.0. The minimum absolute atomic E-state index is 0.00944. The molecule has 1 aliphatic rings. The second kappa shape index (κ2) is 41.0. The molecule has 1 saturated heterocycles. The third-order valence-corrected chi connectivity index (χ3v) is 19.2. The zero-order valence-electron chi connectivity index (χ0n) is 63.0. The number of aliphatic hydroxyl groups excluding tert-OH is 2. The molecule has 0 unspecified atom stereocenters. The van der Waals surface area contributed by atoms with Crippen LogP contribution in [0, 0.1) is 35.5 Å². The maximum atomic E-state index is 15.4. The average molecular weight is 1380 g/mol. The largest absolute Gasteiger partial charge is 0.393 e. The van der Waals surface area contributed by atoms with Crippen molar-refractivity contribution >= 4 is 76.6 Å². The highest BCUT2D eigenvalue weighted by atomic mass is 32.2. The number of ketones is 1. The van der Waals surface area contributed by atoms with E-state index >= 15 is 28.8 Å². The third kappa shape index (κ3) is 26.9. The van der Waals surface area contributed by atoms with Crippen molar-refractivity contribution in [2.75, 3.05) is 67.4 Å². The minimum atomic E-state index is -1.65. The van der Waals surface area contributed by atoms with E-state index in [4.69, 9.17) is 0 Å². The SMILES string of the molecule is CC=CC[C@@H](C)[C@@H](O)[C@H]1C(=O)N[C@@H](CC)C(=O)N(C)[C@H](CSCCCC[C@@H](C)O)C(=O)CN(C)[C@@H](CC(C)(C)O)C(=O)N[C@@H](C(C)C)C(=O)N(C)[C@@H](CC(C)C)C(=O)N[C@@H](C)C(=O)N[C@H](C)C(=O)N(C)[C@@H](CC(C)C)C(=O)N(C)[C@@H](CC(C)C)C(=O)N(C)[C@@H](C(C)C)C(=O)N1C. The van der Waals surface area contributed by atoms with Gasteiger partial charge in [-0.15, -0.1) is 0 Å². The Labute approximate surface area is 579 Å². The Morgan fingerprint density at radius 2 is 1.00 bits per heavy atom. The van der Waals surface area contributed by atoms with Gasteiger partial charge in [-0.2, -0.15) is 11.8 Å². The Hall–Kier alpha value is -5.70. The standard InChI is InChI=1S/C70H127N11O14S/c1-26-28-31-45(13)59(84)58-63(88)73-49(27-2)65(90)79(23)54(39-96-33-30-29-32-46(14)82)55(83)38-75(19)53(37-70(17,18)95)62(87)74-56(43(9)10)68(93)76(20)50(34-40(3)4)61(86)71-47(15)60(85)72-48(16)64(89)77(21)51(35-41(5)6)66(91)78(22)52(36-42(7)8)67(92)80(24)57(44(11)12)69(94)81(58)25/h26,28,40-54,56-59,82,84,95H,27,29-39H2,1-25H3,(H,71,86)(H,72,85)(H,73,88)(H,74,87)/t45-,46-,47+,48-,49+,50+,51+,52+,53+,54-,56+,57+,58+,59-/m1/s1. The average Bonchev–Trinajstić information content (AvgIpc) is 0.814. The molecule has 96 heavy (non-hydrogen) atoms. The molecule has 552 valence electrons. The Bertz CT molecular complexity index is 2600. The summed E-state index contributed by atoms with van der Waals surface area (Å²) < 4.78 is 0. The van der Waals surface area contributed by atoms with E-state index in [1.807, 2.05) is 41.5 Å². The predicted molar refractivity (Wildman–Crippen MR) is 377 cm³/mol. The fourth-order valence-electron chi connectivity index (χ4n) is 12.0. The van der Waals surface area contributed by atoms with Gasteiger partial charge < -0.3 is 66.0 Å². The zero-order chi connectivity index (χ0) is 74.3. The monoisotopic (exact) mass is 1380 g/mol. The smallest absolute Gasteiger partial charge is 0.246 e. The number of rotatable bonds is 22. The molecule has 0 aromatic rings. The molecule has 25 nitrogen and oxygen atoms in total. The van der Waals surface area contributed by atoms with Crippen LogP contribution in [-0.2, 0) is 52.7 Å². The van der Waals surface area contributed by atoms with Crippen LogP contribution in [-0.4, -0.2) is 266 Å². The lowest BCUT2D eigenvalue weighted by molar-refractivity contribution is -0.157. The lowest BCUT2D eigenvalue weighted by atomic mass is 9.91. The van der Waals surface area contributed by atoms with Gasteiger partial charge in [0.1, 0.15) is 60.4 Å². The van der Waals surface area contributed by atoms with Crippen molar-refractivity contribution in [1.82, 2.24) is 55.6 Å². The van der Waals surface area contributed by atoms with Crippen LogP contribution in [0.15, 0.2) is 12.2 Å². The van der Waals surface area contributed by atoms with Gasteiger partial charge in [0.15, 0.2) is 5.78 Å². The molecular weight excluding hydrogens is 1250 g/mol.